The highest BCUT2D eigenvalue weighted by molar-refractivity contribution is 5.73. The number of rotatable bonds is 5. The van der Waals surface area contributed by atoms with Gasteiger partial charge in [0.25, 0.3) is 0 Å². The van der Waals surface area contributed by atoms with Crippen molar-refractivity contribution in [3.8, 4) is 11.5 Å². The Hall–Kier alpha value is -1.51. The summed E-state index contributed by atoms with van der Waals surface area (Å²) in [4.78, 5) is 11.4. The molecule has 0 saturated heterocycles. The summed E-state index contributed by atoms with van der Waals surface area (Å²) < 4.78 is 5.08. The molecule has 0 bridgehead atoms. The Morgan fingerprint density at radius 1 is 1.38 bits per heavy atom. The van der Waals surface area contributed by atoms with E-state index < -0.39 is 0 Å². The van der Waals surface area contributed by atoms with E-state index in [-0.39, 0.29) is 17.5 Å². The van der Waals surface area contributed by atoms with Crippen molar-refractivity contribution in [2.45, 2.75) is 39.5 Å². The molecule has 88 valence electrons. The third-order valence-corrected chi connectivity index (χ3v) is 2.32. The highest BCUT2D eigenvalue weighted by atomic mass is 16.5. The minimum Gasteiger partial charge on any atom is -0.504 e. The number of carbonyl (C=O) groups is 1. The molecule has 1 rings (SSSR count). The summed E-state index contributed by atoms with van der Waals surface area (Å²) in [6.07, 6.45) is 3.33. The van der Waals surface area contributed by atoms with Crippen LogP contribution in [0.15, 0.2) is 18.2 Å². The van der Waals surface area contributed by atoms with Crippen LogP contribution in [0, 0.1) is 6.92 Å². The third-order valence-electron chi connectivity index (χ3n) is 2.32. The highest BCUT2D eigenvalue weighted by Crippen LogP contribution is 2.26. The molecule has 0 unspecified atom stereocenters. The fourth-order valence-corrected chi connectivity index (χ4v) is 1.40. The SMILES string of the molecule is CCCCCC(=O)Oc1cc(C)ccc1O. The molecule has 1 aromatic rings. The van der Waals surface area contributed by atoms with Crippen LogP contribution in [-0.2, 0) is 4.79 Å². The van der Waals surface area contributed by atoms with Crippen LogP contribution in [0.1, 0.15) is 38.2 Å². The zero-order valence-electron chi connectivity index (χ0n) is 9.82. The van der Waals surface area contributed by atoms with Crippen molar-refractivity contribution in [3.63, 3.8) is 0 Å². The zero-order valence-corrected chi connectivity index (χ0v) is 9.82. The first-order chi connectivity index (χ1) is 7.63. The molecule has 0 aliphatic rings. The minimum absolute atomic E-state index is 0.00874. The number of phenols is 1. The van der Waals surface area contributed by atoms with Gasteiger partial charge in [0.05, 0.1) is 0 Å². The van der Waals surface area contributed by atoms with E-state index in [1.165, 1.54) is 6.07 Å². The average molecular weight is 222 g/mol. The summed E-state index contributed by atoms with van der Waals surface area (Å²) in [5.41, 5.74) is 0.953. The number of benzene rings is 1. The van der Waals surface area contributed by atoms with Crippen LogP contribution >= 0.6 is 0 Å². The van der Waals surface area contributed by atoms with E-state index in [4.69, 9.17) is 4.74 Å². The Balaban J connectivity index is 2.52. The van der Waals surface area contributed by atoms with Gasteiger partial charge >= 0.3 is 5.97 Å². The molecule has 0 atom stereocenters. The normalized spacial score (nSPS) is 10.1. The van der Waals surface area contributed by atoms with E-state index in [1.54, 1.807) is 12.1 Å². The first kappa shape index (κ1) is 12.6. The molecule has 0 aliphatic heterocycles. The summed E-state index contributed by atoms with van der Waals surface area (Å²) >= 11 is 0. The van der Waals surface area contributed by atoms with E-state index in [9.17, 15) is 9.90 Å². The van der Waals surface area contributed by atoms with Gasteiger partial charge in [-0.3, -0.25) is 4.79 Å². The second-order valence-electron chi connectivity index (χ2n) is 3.90. The van der Waals surface area contributed by atoms with Crippen LogP contribution < -0.4 is 4.74 Å². The van der Waals surface area contributed by atoms with Crippen LogP contribution in [0.25, 0.3) is 0 Å². The summed E-state index contributed by atoms with van der Waals surface area (Å²) in [5, 5.41) is 9.48. The summed E-state index contributed by atoms with van der Waals surface area (Å²) in [6.45, 7) is 3.96. The Morgan fingerprint density at radius 3 is 2.81 bits per heavy atom. The van der Waals surface area contributed by atoms with Gasteiger partial charge in [0.15, 0.2) is 11.5 Å². The Morgan fingerprint density at radius 2 is 2.12 bits per heavy atom. The van der Waals surface area contributed by atoms with Crippen molar-refractivity contribution >= 4 is 5.97 Å². The summed E-state index contributed by atoms with van der Waals surface area (Å²) in [6, 6.07) is 4.96. The highest BCUT2D eigenvalue weighted by Gasteiger charge is 2.08. The molecule has 3 heteroatoms. The van der Waals surface area contributed by atoms with Gasteiger partial charge in [-0.2, -0.15) is 0 Å². The molecule has 0 radical (unpaired) electrons. The number of ether oxygens (including phenoxy) is 1. The van der Waals surface area contributed by atoms with E-state index in [0.29, 0.717) is 6.42 Å². The quantitative estimate of drug-likeness (QED) is 0.473. The van der Waals surface area contributed by atoms with Crippen LogP contribution in [-0.4, -0.2) is 11.1 Å². The van der Waals surface area contributed by atoms with Gasteiger partial charge in [0.2, 0.25) is 0 Å². The lowest BCUT2D eigenvalue weighted by atomic mass is 10.2. The molecule has 1 aromatic carbocycles. The number of esters is 1. The van der Waals surface area contributed by atoms with Crippen LogP contribution in [0.5, 0.6) is 11.5 Å². The van der Waals surface area contributed by atoms with E-state index in [0.717, 1.165) is 24.8 Å². The molecule has 1 N–H and O–H groups in total. The topological polar surface area (TPSA) is 46.5 Å². The van der Waals surface area contributed by atoms with Crippen molar-refractivity contribution in [3.05, 3.63) is 23.8 Å². The number of unbranched alkanes of at least 4 members (excludes halogenated alkanes) is 2. The molecule has 0 spiro atoms. The predicted octanol–water partition coefficient (Wildman–Crippen LogP) is 3.19. The molecular formula is C13H18O3. The van der Waals surface area contributed by atoms with E-state index in [1.807, 2.05) is 6.92 Å². The van der Waals surface area contributed by atoms with Gasteiger partial charge in [-0.25, -0.2) is 0 Å². The Labute approximate surface area is 96.1 Å². The second-order valence-corrected chi connectivity index (χ2v) is 3.90. The molecule has 0 fully saturated rings. The lowest BCUT2D eigenvalue weighted by Crippen LogP contribution is -2.07. The van der Waals surface area contributed by atoms with Crippen molar-refractivity contribution in [1.29, 1.82) is 0 Å². The van der Waals surface area contributed by atoms with Crippen molar-refractivity contribution in [1.82, 2.24) is 0 Å². The van der Waals surface area contributed by atoms with Crippen molar-refractivity contribution in [2.24, 2.45) is 0 Å². The molecule has 3 nitrogen and oxygen atoms in total. The van der Waals surface area contributed by atoms with Crippen LogP contribution in [0.4, 0.5) is 0 Å². The van der Waals surface area contributed by atoms with Gasteiger partial charge in [-0.05, 0) is 31.0 Å². The standard InChI is InChI=1S/C13H18O3/c1-3-4-5-6-13(15)16-12-9-10(2)7-8-11(12)14/h7-9,14H,3-6H2,1-2H3. The Kier molecular flexibility index (Phi) is 4.83. The molecule has 0 amide bonds. The fourth-order valence-electron chi connectivity index (χ4n) is 1.40. The first-order valence-electron chi connectivity index (χ1n) is 5.63. The fraction of sp³-hybridized carbons (Fsp3) is 0.462. The van der Waals surface area contributed by atoms with Crippen molar-refractivity contribution in [2.75, 3.05) is 0 Å². The van der Waals surface area contributed by atoms with Crippen LogP contribution in [0.3, 0.4) is 0 Å². The van der Waals surface area contributed by atoms with Gasteiger partial charge in [0, 0.05) is 6.42 Å². The van der Waals surface area contributed by atoms with Gasteiger partial charge in [-0.15, -0.1) is 0 Å². The second kappa shape index (κ2) is 6.16. The summed E-state index contributed by atoms with van der Waals surface area (Å²) in [5.74, 6) is -0.0229. The molecule has 0 heterocycles. The molecule has 16 heavy (non-hydrogen) atoms. The number of aromatic hydroxyl groups is 1. The number of phenolic OH excluding ortho intramolecular Hbond substituents is 1. The maximum Gasteiger partial charge on any atom is 0.311 e. The number of aryl methyl sites for hydroxylation is 1. The van der Waals surface area contributed by atoms with Crippen LogP contribution in [0.2, 0.25) is 0 Å². The van der Waals surface area contributed by atoms with Gasteiger partial charge in [-0.1, -0.05) is 25.8 Å². The largest absolute Gasteiger partial charge is 0.504 e. The zero-order chi connectivity index (χ0) is 12.0. The average Bonchev–Trinajstić information content (AvgIpc) is 2.24. The van der Waals surface area contributed by atoms with Crippen molar-refractivity contribution < 1.29 is 14.6 Å². The molecule has 0 aliphatic carbocycles. The summed E-state index contributed by atoms with van der Waals surface area (Å²) in [7, 11) is 0. The van der Waals surface area contributed by atoms with E-state index in [2.05, 4.69) is 6.92 Å². The molecule has 0 aromatic heterocycles. The third kappa shape index (κ3) is 3.93. The maximum atomic E-state index is 11.4. The monoisotopic (exact) mass is 222 g/mol. The van der Waals surface area contributed by atoms with Gasteiger partial charge in [0.1, 0.15) is 0 Å². The first-order valence-corrected chi connectivity index (χ1v) is 5.63. The number of hydrogen-bond donors (Lipinski definition) is 1. The van der Waals surface area contributed by atoms with E-state index >= 15 is 0 Å². The number of hydrogen-bond acceptors (Lipinski definition) is 3. The number of carbonyl (C=O) groups excluding carboxylic acids is 1. The smallest absolute Gasteiger partial charge is 0.311 e. The van der Waals surface area contributed by atoms with Gasteiger partial charge < -0.3 is 9.84 Å². The Bertz CT molecular complexity index is 358. The lowest BCUT2D eigenvalue weighted by Gasteiger charge is -2.06. The molecular weight excluding hydrogens is 204 g/mol. The minimum atomic E-state index is -0.283. The lowest BCUT2D eigenvalue weighted by molar-refractivity contribution is -0.134. The maximum absolute atomic E-state index is 11.4. The molecule has 0 saturated carbocycles. The predicted molar refractivity (Wildman–Crippen MR) is 62.6 cm³/mol.